The number of aromatic nitrogens is 5. The lowest BCUT2D eigenvalue weighted by atomic mass is 9.90. The number of nitrogens with zero attached hydrogens (tertiary/aromatic N) is 7. The molecule has 0 saturated carbocycles. The summed E-state index contributed by atoms with van der Waals surface area (Å²) in [6.45, 7) is 11.7. The molecule has 4 rings (SSSR count). The second-order valence-electron chi connectivity index (χ2n) is 10.7. The van der Waals surface area contributed by atoms with E-state index in [4.69, 9.17) is 0 Å². The third-order valence-electron chi connectivity index (χ3n) is 5.70. The summed E-state index contributed by atoms with van der Waals surface area (Å²) in [6, 6.07) is 10.6. The van der Waals surface area contributed by atoms with Gasteiger partial charge < -0.3 is 0 Å². The van der Waals surface area contributed by atoms with Crippen molar-refractivity contribution in [1.82, 2.24) is 25.0 Å². The van der Waals surface area contributed by atoms with Crippen LogP contribution in [0, 0.1) is 11.3 Å². The van der Waals surface area contributed by atoms with Crippen molar-refractivity contribution in [3.63, 3.8) is 0 Å². The van der Waals surface area contributed by atoms with Crippen LogP contribution in [0.15, 0.2) is 51.7 Å². The van der Waals surface area contributed by atoms with E-state index in [0.717, 1.165) is 0 Å². The van der Waals surface area contributed by atoms with Gasteiger partial charge in [0.15, 0.2) is 11.5 Å². The van der Waals surface area contributed by atoms with E-state index < -0.39 is 15.4 Å². The topological polar surface area (TPSA) is 154 Å². The fraction of sp³-hybridized carbons (Fsp3) is 0.360. The Balaban J connectivity index is 1.84. The Morgan fingerprint density at radius 2 is 1.76 bits per heavy atom. The SMILES string of the molecule is Cn1nc(C(C)(C)C)c(N=Nc2n[nH]c(C(C)(C)C)c2C#N)c1NS(=O)(=O)c1cccc2cccnc12. The molecule has 0 radical (unpaired) electrons. The zero-order valence-electron chi connectivity index (χ0n) is 21.8. The summed E-state index contributed by atoms with van der Waals surface area (Å²) in [5, 5.41) is 30.6. The molecule has 0 aliphatic rings. The summed E-state index contributed by atoms with van der Waals surface area (Å²) >= 11 is 0. The van der Waals surface area contributed by atoms with Crippen molar-refractivity contribution in [2.45, 2.75) is 57.3 Å². The number of benzene rings is 1. The van der Waals surface area contributed by atoms with E-state index in [1.165, 1.54) is 10.7 Å². The molecular weight excluding hydrogens is 490 g/mol. The van der Waals surface area contributed by atoms with Crippen molar-refractivity contribution < 1.29 is 8.42 Å². The summed E-state index contributed by atoms with van der Waals surface area (Å²) in [4.78, 5) is 4.30. The highest BCUT2D eigenvalue weighted by Gasteiger charge is 2.30. The second kappa shape index (κ2) is 9.08. The number of nitrogens with one attached hydrogen (secondary N) is 2. The van der Waals surface area contributed by atoms with E-state index in [9.17, 15) is 13.7 Å². The van der Waals surface area contributed by atoms with Crippen molar-refractivity contribution >= 4 is 38.2 Å². The van der Waals surface area contributed by atoms with E-state index in [1.54, 1.807) is 37.5 Å². The number of nitriles is 1. The average molecular weight is 520 g/mol. The molecule has 1 aromatic carbocycles. The molecule has 0 spiro atoms. The molecule has 3 aromatic heterocycles. The summed E-state index contributed by atoms with van der Waals surface area (Å²) in [7, 11) is -2.45. The highest BCUT2D eigenvalue weighted by Crippen LogP contribution is 2.39. The largest absolute Gasteiger partial charge is 0.278 e. The minimum atomic E-state index is -4.08. The molecule has 2 N–H and O–H groups in total. The maximum absolute atomic E-state index is 13.5. The van der Waals surface area contributed by atoms with E-state index in [2.05, 4.69) is 41.3 Å². The maximum atomic E-state index is 13.5. The molecule has 12 heteroatoms. The molecule has 0 unspecified atom stereocenters. The molecule has 0 aliphatic carbocycles. The number of anilines is 1. The summed E-state index contributed by atoms with van der Waals surface area (Å²) < 4.78 is 31.1. The first-order valence-electron chi connectivity index (χ1n) is 11.6. The molecule has 11 nitrogen and oxygen atoms in total. The van der Waals surface area contributed by atoms with Crippen LogP contribution in [-0.2, 0) is 27.9 Å². The number of azo groups is 1. The van der Waals surface area contributed by atoms with Crippen LogP contribution in [0.3, 0.4) is 0 Å². The lowest BCUT2D eigenvalue weighted by Crippen LogP contribution is -2.16. The Bertz CT molecular complexity index is 1660. The minimum Gasteiger partial charge on any atom is -0.278 e. The van der Waals surface area contributed by atoms with Crippen molar-refractivity contribution in [3.05, 3.63) is 53.5 Å². The number of rotatable bonds is 5. The summed E-state index contributed by atoms with van der Waals surface area (Å²) in [6.07, 6.45) is 1.55. The van der Waals surface area contributed by atoms with Crippen LogP contribution >= 0.6 is 0 Å². The van der Waals surface area contributed by atoms with Gasteiger partial charge in [-0.2, -0.15) is 15.5 Å². The van der Waals surface area contributed by atoms with Crippen LogP contribution in [0.1, 0.15) is 58.5 Å². The Hall–Kier alpha value is -4.11. The van der Waals surface area contributed by atoms with Crippen LogP contribution in [0.25, 0.3) is 10.9 Å². The van der Waals surface area contributed by atoms with Gasteiger partial charge in [-0.1, -0.05) is 59.7 Å². The number of aryl methyl sites for hydroxylation is 1. The van der Waals surface area contributed by atoms with Gasteiger partial charge in [-0.05, 0) is 12.1 Å². The van der Waals surface area contributed by atoms with Gasteiger partial charge in [-0.15, -0.1) is 10.2 Å². The molecule has 0 amide bonds. The van der Waals surface area contributed by atoms with Gasteiger partial charge in [0, 0.05) is 29.5 Å². The van der Waals surface area contributed by atoms with Gasteiger partial charge >= 0.3 is 0 Å². The molecule has 0 aliphatic heterocycles. The Kier molecular flexibility index (Phi) is 6.37. The van der Waals surface area contributed by atoms with Crippen molar-refractivity contribution in [3.8, 4) is 6.07 Å². The monoisotopic (exact) mass is 519 g/mol. The highest BCUT2D eigenvalue weighted by molar-refractivity contribution is 7.93. The molecule has 192 valence electrons. The quantitative estimate of drug-likeness (QED) is 0.338. The normalized spacial score (nSPS) is 12.8. The van der Waals surface area contributed by atoms with Gasteiger partial charge in [-0.3, -0.25) is 14.8 Å². The molecule has 0 fully saturated rings. The third kappa shape index (κ3) is 4.95. The molecule has 0 bridgehead atoms. The molecule has 4 aromatic rings. The lowest BCUT2D eigenvalue weighted by molar-refractivity contribution is 0.554. The Morgan fingerprint density at radius 3 is 2.41 bits per heavy atom. The zero-order valence-corrected chi connectivity index (χ0v) is 22.6. The van der Waals surface area contributed by atoms with Gasteiger partial charge in [0.2, 0.25) is 5.82 Å². The first-order chi connectivity index (χ1) is 17.2. The number of H-pyrrole nitrogens is 1. The standard InChI is InChI=1S/C25H29N9O2S/c1-24(2,3)20-16(14-26)22(31-29-20)30-28-19-21(25(4,5)6)32-34(7)23(19)33-37(35,36)17-12-8-10-15-11-9-13-27-18(15)17/h8-13,33H,1-7H3,(H,29,31). The first-order valence-corrected chi connectivity index (χ1v) is 13.1. The molecule has 0 atom stereocenters. The Labute approximate surface area is 215 Å². The molecule has 0 saturated heterocycles. The van der Waals surface area contributed by atoms with E-state index >= 15 is 0 Å². The number of hydrogen-bond acceptors (Lipinski definition) is 8. The molecule has 3 heterocycles. The van der Waals surface area contributed by atoms with Crippen molar-refractivity contribution in [1.29, 1.82) is 5.26 Å². The van der Waals surface area contributed by atoms with Crippen LogP contribution in [-0.4, -0.2) is 33.4 Å². The maximum Gasteiger partial charge on any atom is 0.265 e. The summed E-state index contributed by atoms with van der Waals surface area (Å²) in [5.74, 6) is 0.245. The van der Waals surface area contributed by atoms with E-state index in [-0.39, 0.29) is 33.2 Å². The van der Waals surface area contributed by atoms with Crippen LogP contribution < -0.4 is 4.72 Å². The summed E-state index contributed by atoms with van der Waals surface area (Å²) in [5.41, 5.74) is 1.18. The minimum absolute atomic E-state index is 0.0286. The number of hydrogen-bond donors (Lipinski definition) is 2. The van der Waals surface area contributed by atoms with Crippen LogP contribution in [0.5, 0.6) is 0 Å². The highest BCUT2D eigenvalue weighted by atomic mass is 32.2. The number of pyridine rings is 1. The van der Waals surface area contributed by atoms with Gasteiger partial charge in [0.05, 0.1) is 16.9 Å². The lowest BCUT2D eigenvalue weighted by Gasteiger charge is -2.16. The third-order valence-corrected chi connectivity index (χ3v) is 7.07. The fourth-order valence-electron chi connectivity index (χ4n) is 3.85. The fourth-order valence-corrected chi connectivity index (χ4v) is 5.13. The van der Waals surface area contributed by atoms with Crippen LogP contribution in [0.4, 0.5) is 17.3 Å². The number of aromatic amines is 1. The predicted molar refractivity (Wildman–Crippen MR) is 141 cm³/mol. The average Bonchev–Trinajstić information content (AvgIpc) is 3.37. The zero-order chi connectivity index (χ0) is 27.2. The smallest absolute Gasteiger partial charge is 0.265 e. The van der Waals surface area contributed by atoms with Crippen LogP contribution in [0.2, 0.25) is 0 Å². The molecule has 37 heavy (non-hydrogen) atoms. The first kappa shape index (κ1) is 26.0. The van der Waals surface area contributed by atoms with E-state index in [0.29, 0.717) is 22.3 Å². The predicted octanol–water partition coefficient (Wildman–Crippen LogP) is 5.37. The van der Waals surface area contributed by atoms with Gasteiger partial charge in [0.1, 0.15) is 16.5 Å². The van der Waals surface area contributed by atoms with Crippen molar-refractivity contribution in [2.24, 2.45) is 17.3 Å². The molecular formula is C25H29N9O2S. The van der Waals surface area contributed by atoms with Gasteiger partial charge in [0.25, 0.3) is 10.0 Å². The van der Waals surface area contributed by atoms with Gasteiger partial charge in [-0.25, -0.2) is 13.1 Å². The van der Waals surface area contributed by atoms with E-state index in [1.807, 2.05) is 41.5 Å². The number of sulfonamides is 1. The van der Waals surface area contributed by atoms with Crippen molar-refractivity contribution in [2.75, 3.05) is 4.72 Å². The number of para-hydroxylation sites is 1. The second-order valence-corrected chi connectivity index (χ2v) is 12.4. The Morgan fingerprint density at radius 1 is 1.05 bits per heavy atom. The number of fused-ring (bicyclic) bond motifs is 1.